The maximum Gasteiger partial charge on any atom is 0.147 e. The Balaban J connectivity index is 3.01. The van der Waals surface area contributed by atoms with Crippen LogP contribution in [0, 0.1) is 0 Å². The maximum absolute atomic E-state index is 8.54. The van der Waals surface area contributed by atoms with Crippen molar-refractivity contribution in [3.8, 4) is 0 Å². The van der Waals surface area contributed by atoms with Crippen molar-refractivity contribution in [2.45, 2.75) is 6.61 Å². The molecular formula is C5H7N3O. The number of nitrogen functional groups attached to an aromatic ring is 1. The number of hydrogen-bond donors (Lipinski definition) is 2. The Labute approximate surface area is 52.4 Å². The fourth-order valence-electron chi connectivity index (χ4n) is 0.499. The Hall–Kier alpha value is -1.16. The Bertz CT molecular complexity index is 201. The smallest absolute Gasteiger partial charge is 0.147 e. The summed E-state index contributed by atoms with van der Waals surface area (Å²) in [4.78, 5) is 7.46. The zero-order valence-electron chi connectivity index (χ0n) is 4.78. The van der Waals surface area contributed by atoms with E-state index < -0.39 is 0 Å². The van der Waals surface area contributed by atoms with Crippen molar-refractivity contribution in [3.63, 3.8) is 0 Å². The number of rotatable bonds is 1. The quantitative estimate of drug-likeness (QED) is 0.533. The normalized spacial score (nSPS) is 9.44. The van der Waals surface area contributed by atoms with Crippen LogP contribution in [0.3, 0.4) is 0 Å². The fourth-order valence-corrected chi connectivity index (χ4v) is 0.499. The van der Waals surface area contributed by atoms with Gasteiger partial charge in [-0.25, -0.2) is 4.98 Å². The third kappa shape index (κ3) is 1.14. The van der Waals surface area contributed by atoms with Crippen molar-refractivity contribution in [2.75, 3.05) is 5.73 Å². The van der Waals surface area contributed by atoms with E-state index >= 15 is 0 Å². The molecule has 4 heteroatoms. The van der Waals surface area contributed by atoms with Crippen molar-refractivity contribution < 1.29 is 5.11 Å². The van der Waals surface area contributed by atoms with Gasteiger partial charge in [0, 0.05) is 12.4 Å². The number of hydrogen-bond acceptors (Lipinski definition) is 4. The predicted octanol–water partition coefficient (Wildman–Crippen LogP) is -0.449. The van der Waals surface area contributed by atoms with E-state index in [0.717, 1.165) is 0 Å². The van der Waals surface area contributed by atoms with E-state index in [-0.39, 0.29) is 6.61 Å². The van der Waals surface area contributed by atoms with Gasteiger partial charge in [-0.3, -0.25) is 4.98 Å². The van der Waals surface area contributed by atoms with Gasteiger partial charge in [0.15, 0.2) is 0 Å². The van der Waals surface area contributed by atoms with Crippen molar-refractivity contribution >= 4 is 5.82 Å². The highest BCUT2D eigenvalue weighted by Crippen LogP contribution is 2.00. The molecular weight excluding hydrogens is 118 g/mol. The van der Waals surface area contributed by atoms with Crippen LogP contribution < -0.4 is 5.73 Å². The molecule has 0 saturated heterocycles. The van der Waals surface area contributed by atoms with E-state index in [4.69, 9.17) is 10.8 Å². The Morgan fingerprint density at radius 2 is 2.11 bits per heavy atom. The SMILES string of the molecule is Nc1nccnc1CO. The lowest BCUT2D eigenvalue weighted by Gasteiger charge is -1.95. The maximum atomic E-state index is 8.54. The first-order valence-corrected chi connectivity index (χ1v) is 2.51. The first-order valence-electron chi connectivity index (χ1n) is 2.51. The average Bonchev–Trinajstić information content (AvgIpc) is 1.89. The molecule has 1 rings (SSSR count). The molecule has 9 heavy (non-hydrogen) atoms. The van der Waals surface area contributed by atoms with Crippen LogP contribution in [0.25, 0.3) is 0 Å². The van der Waals surface area contributed by atoms with Gasteiger partial charge < -0.3 is 10.8 Å². The minimum Gasteiger partial charge on any atom is -0.390 e. The fraction of sp³-hybridized carbons (Fsp3) is 0.200. The van der Waals surface area contributed by atoms with Crippen molar-refractivity contribution in [1.82, 2.24) is 9.97 Å². The highest BCUT2D eigenvalue weighted by atomic mass is 16.3. The standard InChI is InChI=1S/C5H7N3O/c6-5-4(3-9)7-1-2-8-5/h1-2,9H,3H2,(H2,6,8). The van der Waals surface area contributed by atoms with Crippen molar-refractivity contribution in [2.24, 2.45) is 0 Å². The number of aromatic nitrogens is 2. The lowest BCUT2D eigenvalue weighted by atomic mass is 10.4. The molecule has 1 heterocycles. The van der Waals surface area contributed by atoms with Crippen LogP contribution in [-0.2, 0) is 6.61 Å². The Kier molecular flexibility index (Phi) is 1.60. The van der Waals surface area contributed by atoms with Gasteiger partial charge in [-0.2, -0.15) is 0 Å². The summed E-state index contributed by atoms with van der Waals surface area (Å²) in [6, 6.07) is 0. The summed E-state index contributed by atoms with van der Waals surface area (Å²) in [6.07, 6.45) is 2.97. The minimum absolute atomic E-state index is 0.153. The summed E-state index contributed by atoms with van der Waals surface area (Å²) < 4.78 is 0. The van der Waals surface area contributed by atoms with Crippen LogP contribution in [0.5, 0.6) is 0 Å². The number of nitrogens with two attached hydrogens (primary N) is 1. The lowest BCUT2D eigenvalue weighted by molar-refractivity contribution is 0.277. The lowest BCUT2D eigenvalue weighted by Crippen LogP contribution is -1.98. The van der Waals surface area contributed by atoms with Crippen LogP contribution in [0.2, 0.25) is 0 Å². The molecule has 0 saturated carbocycles. The summed E-state index contributed by atoms with van der Waals surface area (Å²) in [5.74, 6) is 0.292. The van der Waals surface area contributed by atoms with Crippen molar-refractivity contribution in [1.29, 1.82) is 0 Å². The van der Waals surface area contributed by atoms with E-state index in [1.807, 2.05) is 0 Å². The van der Waals surface area contributed by atoms with Crippen LogP contribution in [0.1, 0.15) is 5.69 Å². The van der Waals surface area contributed by atoms with Gasteiger partial charge >= 0.3 is 0 Å². The minimum atomic E-state index is -0.153. The highest BCUT2D eigenvalue weighted by molar-refractivity contribution is 5.31. The topological polar surface area (TPSA) is 72.0 Å². The number of anilines is 1. The number of nitrogens with zero attached hydrogens (tertiary/aromatic N) is 2. The molecule has 0 fully saturated rings. The largest absolute Gasteiger partial charge is 0.390 e. The molecule has 0 aliphatic carbocycles. The Morgan fingerprint density at radius 1 is 1.44 bits per heavy atom. The molecule has 0 aliphatic heterocycles. The molecule has 0 unspecified atom stereocenters. The molecule has 0 aliphatic rings. The third-order valence-corrected chi connectivity index (χ3v) is 0.956. The van der Waals surface area contributed by atoms with E-state index in [9.17, 15) is 0 Å². The van der Waals surface area contributed by atoms with Crippen LogP contribution in [-0.4, -0.2) is 15.1 Å². The van der Waals surface area contributed by atoms with E-state index in [0.29, 0.717) is 11.5 Å². The van der Waals surface area contributed by atoms with Crippen molar-refractivity contribution in [3.05, 3.63) is 18.1 Å². The van der Waals surface area contributed by atoms with E-state index in [1.165, 1.54) is 12.4 Å². The van der Waals surface area contributed by atoms with Gasteiger partial charge in [0.05, 0.1) is 6.61 Å². The van der Waals surface area contributed by atoms with Crippen LogP contribution >= 0.6 is 0 Å². The van der Waals surface area contributed by atoms with Gasteiger partial charge in [0.1, 0.15) is 11.5 Å². The third-order valence-electron chi connectivity index (χ3n) is 0.956. The molecule has 3 N–H and O–H groups in total. The molecule has 0 atom stereocenters. The van der Waals surface area contributed by atoms with Gasteiger partial charge in [-0.05, 0) is 0 Å². The van der Waals surface area contributed by atoms with Gasteiger partial charge in [-0.15, -0.1) is 0 Å². The first-order chi connectivity index (χ1) is 4.34. The predicted molar refractivity (Wildman–Crippen MR) is 32.4 cm³/mol. The van der Waals surface area contributed by atoms with Gasteiger partial charge in [0.25, 0.3) is 0 Å². The summed E-state index contributed by atoms with van der Waals surface area (Å²) in [6.45, 7) is -0.153. The first kappa shape index (κ1) is 5.97. The molecule has 0 radical (unpaired) electrons. The summed E-state index contributed by atoms with van der Waals surface area (Å²) >= 11 is 0. The second-order valence-corrected chi connectivity index (χ2v) is 1.55. The van der Waals surface area contributed by atoms with Gasteiger partial charge in [0.2, 0.25) is 0 Å². The Morgan fingerprint density at radius 3 is 2.56 bits per heavy atom. The summed E-state index contributed by atoms with van der Waals surface area (Å²) in [7, 11) is 0. The summed E-state index contributed by atoms with van der Waals surface area (Å²) in [5.41, 5.74) is 5.73. The summed E-state index contributed by atoms with van der Waals surface area (Å²) in [5, 5.41) is 8.54. The molecule has 0 amide bonds. The number of aliphatic hydroxyl groups is 1. The molecule has 0 spiro atoms. The van der Waals surface area contributed by atoms with Crippen LogP contribution in [0.4, 0.5) is 5.82 Å². The molecule has 1 aromatic rings. The van der Waals surface area contributed by atoms with Gasteiger partial charge in [-0.1, -0.05) is 0 Å². The molecule has 48 valence electrons. The highest BCUT2D eigenvalue weighted by Gasteiger charge is 1.95. The molecule has 0 bridgehead atoms. The average molecular weight is 125 g/mol. The second-order valence-electron chi connectivity index (χ2n) is 1.55. The van der Waals surface area contributed by atoms with E-state index in [2.05, 4.69) is 9.97 Å². The molecule has 0 aromatic carbocycles. The molecule has 4 nitrogen and oxygen atoms in total. The van der Waals surface area contributed by atoms with Crippen LogP contribution in [0.15, 0.2) is 12.4 Å². The molecule has 1 aromatic heterocycles. The second kappa shape index (κ2) is 2.41. The zero-order valence-corrected chi connectivity index (χ0v) is 4.78. The monoisotopic (exact) mass is 125 g/mol. The van der Waals surface area contributed by atoms with E-state index in [1.54, 1.807) is 0 Å². The zero-order chi connectivity index (χ0) is 6.69. The number of aliphatic hydroxyl groups excluding tert-OH is 1.